The van der Waals surface area contributed by atoms with Gasteiger partial charge in [0.25, 0.3) is 0 Å². The molecule has 1 heterocycles. The van der Waals surface area contributed by atoms with Gasteiger partial charge in [0.15, 0.2) is 0 Å². The van der Waals surface area contributed by atoms with Crippen LogP contribution in [0.4, 0.5) is 0 Å². The van der Waals surface area contributed by atoms with Crippen LogP contribution in [-0.4, -0.2) is 23.5 Å². The molecule has 0 saturated heterocycles. The van der Waals surface area contributed by atoms with Crippen LogP contribution in [0.2, 0.25) is 0 Å². The van der Waals surface area contributed by atoms with Gasteiger partial charge in [0.05, 0.1) is 12.8 Å². The molecule has 0 aromatic carbocycles. The maximum absolute atomic E-state index is 5.93. The maximum atomic E-state index is 5.93. The van der Waals surface area contributed by atoms with Crippen LogP contribution >= 0.6 is 0 Å². The first-order valence-corrected chi connectivity index (χ1v) is 6.19. The molecule has 0 radical (unpaired) electrons. The zero-order chi connectivity index (χ0) is 11.5. The quantitative estimate of drug-likeness (QED) is 0.802. The summed E-state index contributed by atoms with van der Waals surface area (Å²) >= 11 is 0. The Morgan fingerprint density at radius 3 is 2.75 bits per heavy atom. The zero-order valence-electron chi connectivity index (χ0n) is 10.2. The van der Waals surface area contributed by atoms with Gasteiger partial charge in [0.1, 0.15) is 5.76 Å². The number of hydrogen-bond acceptors (Lipinski definition) is 3. The van der Waals surface area contributed by atoms with E-state index >= 15 is 0 Å². The van der Waals surface area contributed by atoms with Crippen LogP contribution in [-0.2, 0) is 6.54 Å². The van der Waals surface area contributed by atoms with Gasteiger partial charge in [0, 0.05) is 18.6 Å². The Morgan fingerprint density at radius 2 is 2.25 bits per heavy atom. The molecule has 1 aliphatic rings. The van der Waals surface area contributed by atoms with E-state index < -0.39 is 0 Å². The number of nitrogens with two attached hydrogens (primary N) is 1. The van der Waals surface area contributed by atoms with Crippen molar-refractivity contribution in [3.8, 4) is 0 Å². The Hall–Kier alpha value is -0.800. The molecule has 0 spiro atoms. The lowest BCUT2D eigenvalue weighted by molar-refractivity contribution is 0.194. The lowest BCUT2D eigenvalue weighted by atomic mass is 10.0. The van der Waals surface area contributed by atoms with E-state index in [4.69, 9.17) is 10.2 Å². The average Bonchev–Trinajstić information content (AvgIpc) is 2.97. The van der Waals surface area contributed by atoms with Crippen molar-refractivity contribution in [1.29, 1.82) is 0 Å². The minimum atomic E-state index is 0.262. The first-order chi connectivity index (χ1) is 7.66. The monoisotopic (exact) mass is 222 g/mol. The molecule has 2 rings (SSSR count). The highest BCUT2D eigenvalue weighted by Crippen LogP contribution is 2.29. The van der Waals surface area contributed by atoms with Crippen LogP contribution in [0.25, 0.3) is 0 Å². The van der Waals surface area contributed by atoms with E-state index in [0.717, 1.165) is 24.9 Å². The van der Waals surface area contributed by atoms with Gasteiger partial charge >= 0.3 is 0 Å². The summed E-state index contributed by atoms with van der Waals surface area (Å²) in [7, 11) is 0. The first kappa shape index (κ1) is 11.7. The highest BCUT2D eigenvalue weighted by atomic mass is 16.3. The Kier molecular flexibility index (Phi) is 3.66. The van der Waals surface area contributed by atoms with Crippen LogP contribution in [0.15, 0.2) is 22.8 Å². The normalized spacial score (nSPS) is 20.0. The highest BCUT2D eigenvalue weighted by molar-refractivity contribution is 5.00. The third-order valence-electron chi connectivity index (χ3n) is 3.42. The van der Waals surface area contributed by atoms with Crippen LogP contribution in [0.3, 0.4) is 0 Å². The van der Waals surface area contributed by atoms with E-state index in [1.165, 1.54) is 12.8 Å². The summed E-state index contributed by atoms with van der Waals surface area (Å²) in [5.41, 5.74) is 5.93. The van der Waals surface area contributed by atoms with Gasteiger partial charge in [-0.2, -0.15) is 0 Å². The van der Waals surface area contributed by atoms with E-state index in [2.05, 4.69) is 18.7 Å². The van der Waals surface area contributed by atoms with Crippen molar-refractivity contribution < 1.29 is 4.42 Å². The molecule has 0 bridgehead atoms. The molecule has 1 fully saturated rings. The van der Waals surface area contributed by atoms with E-state index in [9.17, 15) is 0 Å². The topological polar surface area (TPSA) is 42.4 Å². The van der Waals surface area contributed by atoms with Crippen LogP contribution < -0.4 is 5.73 Å². The first-order valence-electron chi connectivity index (χ1n) is 6.19. The molecule has 1 aromatic rings. The maximum Gasteiger partial charge on any atom is 0.117 e. The molecule has 2 unspecified atom stereocenters. The second-order valence-electron chi connectivity index (χ2n) is 5.08. The predicted octanol–water partition coefficient (Wildman–Crippen LogP) is 2.23. The number of nitrogens with zero attached hydrogens (tertiary/aromatic N) is 1. The average molecular weight is 222 g/mol. The molecule has 0 aliphatic heterocycles. The predicted molar refractivity (Wildman–Crippen MR) is 65.0 cm³/mol. The van der Waals surface area contributed by atoms with Crippen molar-refractivity contribution >= 4 is 0 Å². The van der Waals surface area contributed by atoms with Gasteiger partial charge in [-0.25, -0.2) is 0 Å². The summed E-state index contributed by atoms with van der Waals surface area (Å²) in [5, 5.41) is 0. The fourth-order valence-corrected chi connectivity index (χ4v) is 1.92. The molecule has 2 N–H and O–H groups in total. The smallest absolute Gasteiger partial charge is 0.117 e. The zero-order valence-corrected chi connectivity index (χ0v) is 10.2. The molecule has 1 saturated carbocycles. The van der Waals surface area contributed by atoms with Crippen molar-refractivity contribution in [3.63, 3.8) is 0 Å². The van der Waals surface area contributed by atoms with Gasteiger partial charge in [-0.1, -0.05) is 6.92 Å². The SMILES string of the molecule is CC(N)C(C)CN(Cc1ccco1)C1CC1. The van der Waals surface area contributed by atoms with Crippen molar-refractivity contribution in [2.24, 2.45) is 11.7 Å². The number of furan rings is 1. The standard InChI is InChI=1S/C13H22N2O/c1-10(11(2)14)8-15(12-5-6-12)9-13-4-3-7-16-13/h3-4,7,10-12H,5-6,8-9,14H2,1-2H3. The molecule has 0 amide bonds. The molecule has 1 aromatic heterocycles. The Labute approximate surface area is 97.6 Å². The van der Waals surface area contributed by atoms with E-state index in [1.807, 2.05) is 12.1 Å². The van der Waals surface area contributed by atoms with Crippen LogP contribution in [0.5, 0.6) is 0 Å². The van der Waals surface area contributed by atoms with Crippen molar-refractivity contribution in [3.05, 3.63) is 24.2 Å². The van der Waals surface area contributed by atoms with Crippen LogP contribution in [0, 0.1) is 5.92 Å². The summed E-state index contributed by atoms with van der Waals surface area (Å²) in [6.45, 7) is 6.31. The Morgan fingerprint density at radius 1 is 1.50 bits per heavy atom. The van der Waals surface area contributed by atoms with Crippen LogP contribution in [0.1, 0.15) is 32.4 Å². The second kappa shape index (κ2) is 5.02. The Bertz CT molecular complexity index is 304. The summed E-state index contributed by atoms with van der Waals surface area (Å²) in [5.74, 6) is 1.60. The molecule has 1 aliphatic carbocycles. The fraction of sp³-hybridized carbons (Fsp3) is 0.692. The third-order valence-corrected chi connectivity index (χ3v) is 3.42. The van der Waals surface area contributed by atoms with Gasteiger partial charge in [-0.3, -0.25) is 4.90 Å². The van der Waals surface area contributed by atoms with Crippen molar-refractivity contribution in [2.45, 2.75) is 45.3 Å². The highest BCUT2D eigenvalue weighted by Gasteiger charge is 2.30. The van der Waals surface area contributed by atoms with Gasteiger partial charge in [-0.15, -0.1) is 0 Å². The summed E-state index contributed by atoms with van der Waals surface area (Å²) in [4.78, 5) is 2.51. The van der Waals surface area contributed by atoms with Crippen molar-refractivity contribution in [1.82, 2.24) is 4.90 Å². The molecule has 3 heteroatoms. The number of hydrogen-bond donors (Lipinski definition) is 1. The second-order valence-corrected chi connectivity index (χ2v) is 5.08. The molecule has 3 nitrogen and oxygen atoms in total. The summed E-state index contributed by atoms with van der Waals surface area (Å²) in [6, 6.07) is 5.02. The molecular weight excluding hydrogens is 200 g/mol. The van der Waals surface area contributed by atoms with Crippen molar-refractivity contribution in [2.75, 3.05) is 6.54 Å². The largest absolute Gasteiger partial charge is 0.468 e. The lowest BCUT2D eigenvalue weighted by Gasteiger charge is -2.26. The van der Waals surface area contributed by atoms with Gasteiger partial charge in [0.2, 0.25) is 0 Å². The van der Waals surface area contributed by atoms with E-state index in [0.29, 0.717) is 5.92 Å². The van der Waals surface area contributed by atoms with Gasteiger partial charge in [-0.05, 0) is 37.8 Å². The summed E-state index contributed by atoms with van der Waals surface area (Å²) < 4.78 is 5.41. The third kappa shape index (κ3) is 3.09. The lowest BCUT2D eigenvalue weighted by Crippen LogP contribution is -2.37. The fourth-order valence-electron chi connectivity index (χ4n) is 1.92. The molecular formula is C13H22N2O. The minimum absolute atomic E-state index is 0.262. The number of rotatable bonds is 6. The van der Waals surface area contributed by atoms with E-state index in [1.54, 1.807) is 6.26 Å². The van der Waals surface area contributed by atoms with Gasteiger partial charge < -0.3 is 10.2 Å². The summed E-state index contributed by atoms with van der Waals surface area (Å²) in [6.07, 6.45) is 4.40. The molecule has 2 atom stereocenters. The molecule has 16 heavy (non-hydrogen) atoms. The Balaban J connectivity index is 1.90. The molecule has 90 valence electrons. The minimum Gasteiger partial charge on any atom is -0.468 e. The van der Waals surface area contributed by atoms with E-state index in [-0.39, 0.29) is 6.04 Å².